The van der Waals surface area contributed by atoms with Crippen LogP contribution in [0.15, 0.2) is 45.3 Å². The molecule has 0 aromatic heterocycles. The molecule has 3 heterocycles. The van der Waals surface area contributed by atoms with Crippen LogP contribution in [0.4, 0.5) is 0 Å². The predicted molar refractivity (Wildman–Crippen MR) is 108 cm³/mol. The third-order valence-corrected chi connectivity index (χ3v) is 5.63. The van der Waals surface area contributed by atoms with Gasteiger partial charge in [-0.3, -0.25) is 10.2 Å². The fourth-order valence-electron chi connectivity index (χ4n) is 3.71. The van der Waals surface area contributed by atoms with Crippen LogP contribution in [0.5, 0.6) is 0 Å². The number of hydrogen-bond acceptors (Lipinski definition) is 10. The summed E-state index contributed by atoms with van der Waals surface area (Å²) in [6.07, 6.45) is -2.90. The van der Waals surface area contributed by atoms with Gasteiger partial charge in [0.2, 0.25) is 0 Å². The average Bonchev–Trinajstić information content (AvgIpc) is 3.21. The summed E-state index contributed by atoms with van der Waals surface area (Å²) in [5.41, 5.74) is 1.60. The van der Waals surface area contributed by atoms with E-state index in [1.54, 1.807) is 11.9 Å². The summed E-state index contributed by atoms with van der Waals surface area (Å²) >= 11 is 4.82. The van der Waals surface area contributed by atoms with Crippen molar-refractivity contribution >= 4 is 30.5 Å². The lowest BCUT2D eigenvalue weighted by atomic mass is 10.00. The van der Waals surface area contributed by atoms with E-state index in [0.717, 1.165) is 5.56 Å². The van der Waals surface area contributed by atoms with Crippen molar-refractivity contribution in [3.05, 3.63) is 35.9 Å². The Morgan fingerprint density at radius 1 is 1.25 bits per heavy atom. The van der Waals surface area contributed by atoms with E-state index in [2.05, 4.69) is 20.3 Å². The van der Waals surface area contributed by atoms with Crippen LogP contribution < -0.4 is 5.32 Å². The Morgan fingerprint density at radius 2 is 2.00 bits per heavy atom. The van der Waals surface area contributed by atoms with Crippen LogP contribution in [-0.4, -0.2) is 87.5 Å². The summed E-state index contributed by atoms with van der Waals surface area (Å²) in [6.45, 7) is -0.404. The van der Waals surface area contributed by atoms with Gasteiger partial charge in [-0.2, -0.15) is 0 Å². The van der Waals surface area contributed by atoms with Crippen molar-refractivity contribution in [1.29, 1.82) is 0 Å². The second-order valence-electron chi connectivity index (χ2n) is 6.95. The van der Waals surface area contributed by atoms with E-state index in [9.17, 15) is 15.3 Å². The molecule has 0 saturated carbocycles. The summed E-state index contributed by atoms with van der Waals surface area (Å²) in [5.74, 6) is 0.468. The van der Waals surface area contributed by atoms with Crippen molar-refractivity contribution < 1.29 is 20.1 Å². The summed E-state index contributed by atoms with van der Waals surface area (Å²) in [4.78, 5) is 14.2. The number of aliphatic hydroxyl groups is 3. The number of aliphatic hydroxyl groups excluding tert-OH is 3. The number of benzene rings is 1. The zero-order valence-corrected chi connectivity index (χ0v) is 16.1. The molecule has 3 aliphatic heterocycles. The number of rotatable bonds is 5. The monoisotopic (exact) mass is 405 g/mol. The molecule has 28 heavy (non-hydrogen) atoms. The molecule has 6 atom stereocenters. The molecule has 1 aromatic rings. The van der Waals surface area contributed by atoms with Gasteiger partial charge in [-0.1, -0.05) is 30.3 Å². The zero-order valence-electron chi connectivity index (χ0n) is 15.3. The van der Waals surface area contributed by atoms with Gasteiger partial charge in [0.25, 0.3) is 0 Å². The second kappa shape index (κ2) is 7.54. The average molecular weight is 405 g/mol. The third-order valence-electron chi connectivity index (χ3n) is 5.14. The maximum atomic E-state index is 10.5. The Morgan fingerprint density at radius 3 is 2.64 bits per heavy atom. The molecule has 0 amide bonds. The van der Waals surface area contributed by atoms with Crippen molar-refractivity contribution in [1.82, 2.24) is 10.2 Å². The molecule has 150 valence electrons. The van der Waals surface area contributed by atoms with E-state index in [-0.39, 0.29) is 0 Å². The van der Waals surface area contributed by atoms with Gasteiger partial charge in [0.15, 0.2) is 23.2 Å². The minimum absolute atomic E-state index is 0.404. The van der Waals surface area contributed by atoms with Crippen molar-refractivity contribution in [3.8, 4) is 0 Å². The fraction of sp³-hybridized carbons (Fsp3) is 0.500. The van der Waals surface area contributed by atoms with Crippen LogP contribution in [0.2, 0.25) is 0 Å². The second-order valence-corrected chi connectivity index (χ2v) is 7.69. The number of fused-ring (bicyclic) bond motifs is 1. The summed E-state index contributed by atoms with van der Waals surface area (Å²) in [5, 5.41) is 33.1. The highest BCUT2D eigenvalue weighted by molar-refractivity contribution is 7.83. The van der Waals surface area contributed by atoms with Gasteiger partial charge < -0.3 is 20.1 Å². The van der Waals surface area contributed by atoms with Crippen LogP contribution >= 0.6 is 12.6 Å². The summed E-state index contributed by atoms with van der Waals surface area (Å²) < 4.78 is 5.70. The van der Waals surface area contributed by atoms with Gasteiger partial charge in [0, 0.05) is 6.42 Å². The lowest BCUT2D eigenvalue weighted by molar-refractivity contribution is -0.0826. The minimum atomic E-state index is -1.23. The molecule has 0 radical (unpaired) electrons. The first-order valence-electron chi connectivity index (χ1n) is 9.03. The molecule has 0 bridgehead atoms. The maximum Gasteiger partial charge on any atom is 0.179 e. The number of nitrogens with one attached hydrogen (secondary N) is 1. The van der Waals surface area contributed by atoms with Crippen molar-refractivity contribution in [2.75, 3.05) is 13.7 Å². The lowest BCUT2D eigenvalue weighted by Crippen LogP contribution is -2.55. The van der Waals surface area contributed by atoms with Crippen LogP contribution in [0.3, 0.4) is 0 Å². The Hall–Kier alpha value is -1.82. The lowest BCUT2D eigenvalue weighted by Gasteiger charge is -2.34. The van der Waals surface area contributed by atoms with Crippen LogP contribution in [0.1, 0.15) is 5.56 Å². The van der Waals surface area contributed by atoms with Gasteiger partial charge in [0.05, 0.1) is 6.61 Å². The molecule has 4 N–H and O–H groups in total. The van der Waals surface area contributed by atoms with E-state index in [1.165, 1.54) is 6.34 Å². The van der Waals surface area contributed by atoms with Gasteiger partial charge in [-0.05, 0) is 12.6 Å². The zero-order chi connectivity index (χ0) is 19.9. The number of aliphatic imine (C=N–C) groups is 3. The van der Waals surface area contributed by atoms with Gasteiger partial charge in [-0.15, -0.1) is 12.6 Å². The molecular weight excluding hydrogens is 382 g/mol. The Kier molecular flexibility index (Phi) is 5.25. The molecule has 0 aliphatic carbocycles. The normalized spacial score (nSPS) is 37.0. The molecule has 1 saturated heterocycles. The van der Waals surface area contributed by atoms with Crippen molar-refractivity contribution in [2.24, 2.45) is 15.0 Å². The van der Waals surface area contributed by atoms with Crippen molar-refractivity contribution in [3.63, 3.8) is 0 Å². The Labute approximate surface area is 167 Å². The number of ether oxygens (including phenoxy) is 1. The first kappa shape index (κ1) is 19.5. The van der Waals surface area contributed by atoms with Crippen LogP contribution in [0, 0.1) is 0 Å². The first-order valence-corrected chi connectivity index (χ1v) is 9.47. The Balaban J connectivity index is 1.65. The molecule has 9 nitrogen and oxygen atoms in total. The molecule has 1 aromatic carbocycles. The first-order chi connectivity index (χ1) is 13.5. The van der Waals surface area contributed by atoms with Crippen LogP contribution in [-0.2, 0) is 11.2 Å². The molecule has 2 unspecified atom stereocenters. The number of amidine groups is 1. The maximum absolute atomic E-state index is 10.5. The standard InChI is InChI=1S/C18H23N5O4S/c1-19-17-22-14-15(23(17)16-13(26)12(25)11(8-24)27-16)20-9-21-18(14,28)7-10-5-3-2-4-6-10/h2-6,9,11-13,16-17,19,24-26,28H,7-8H2,1H3/t11-,12-,13-,16-,17?,18?/m1/s1. The molecular formula is C18H23N5O4S. The van der Waals surface area contributed by atoms with Gasteiger partial charge >= 0.3 is 0 Å². The largest absolute Gasteiger partial charge is 0.394 e. The summed E-state index contributed by atoms with van der Waals surface area (Å²) in [7, 11) is 1.72. The number of hydrogen-bond donors (Lipinski definition) is 5. The number of nitrogens with zero attached hydrogens (tertiary/aromatic N) is 4. The molecule has 0 spiro atoms. The molecule has 4 rings (SSSR count). The highest BCUT2D eigenvalue weighted by Crippen LogP contribution is 2.35. The van der Waals surface area contributed by atoms with E-state index in [1.807, 2.05) is 30.3 Å². The van der Waals surface area contributed by atoms with E-state index in [0.29, 0.717) is 18.0 Å². The predicted octanol–water partition coefficient (Wildman–Crippen LogP) is -1.01. The van der Waals surface area contributed by atoms with Gasteiger partial charge in [-0.25, -0.2) is 15.0 Å². The topological polar surface area (TPSA) is 122 Å². The third kappa shape index (κ3) is 3.15. The summed E-state index contributed by atoms with van der Waals surface area (Å²) in [6, 6.07) is 9.83. The molecule has 3 aliphatic rings. The smallest absolute Gasteiger partial charge is 0.179 e. The fourth-order valence-corrected chi connectivity index (χ4v) is 4.11. The number of thiol groups is 1. The molecule has 10 heteroatoms. The van der Waals surface area contributed by atoms with Crippen molar-refractivity contribution in [2.45, 2.75) is 42.1 Å². The van der Waals surface area contributed by atoms with E-state index >= 15 is 0 Å². The van der Waals surface area contributed by atoms with E-state index < -0.39 is 42.3 Å². The van der Waals surface area contributed by atoms with Gasteiger partial charge in [0.1, 0.15) is 30.4 Å². The molecule has 1 fully saturated rings. The van der Waals surface area contributed by atoms with E-state index in [4.69, 9.17) is 17.4 Å². The van der Waals surface area contributed by atoms with Crippen LogP contribution in [0.25, 0.3) is 0 Å². The highest BCUT2D eigenvalue weighted by Gasteiger charge is 2.53. The highest BCUT2D eigenvalue weighted by atomic mass is 32.1. The quantitative estimate of drug-likeness (QED) is 0.401. The minimum Gasteiger partial charge on any atom is -0.394 e. The Bertz CT molecular complexity index is 819. The SMILES string of the molecule is CNC1N=C2C(=NC=NC2(S)Cc2ccccc2)N1[C@@H]1O[C@H](CO)[C@@H](O)[C@H]1O.